The third kappa shape index (κ3) is 3.14. The van der Waals surface area contributed by atoms with Crippen LogP contribution in [-0.4, -0.2) is 30.4 Å². The lowest BCUT2D eigenvalue weighted by Crippen LogP contribution is -2.29. The van der Waals surface area contributed by atoms with E-state index in [9.17, 15) is 9.59 Å². The average Bonchev–Trinajstić information content (AvgIpc) is 2.82. The Morgan fingerprint density at radius 3 is 2.82 bits per heavy atom. The highest BCUT2D eigenvalue weighted by molar-refractivity contribution is 5.87. The normalized spacial score (nSPS) is 12.5. The molecule has 1 aromatic carbocycles. The molecule has 0 fully saturated rings. The lowest BCUT2D eigenvalue weighted by molar-refractivity contribution is -0.149. The van der Waals surface area contributed by atoms with Gasteiger partial charge in [-0.2, -0.15) is 0 Å². The molecule has 0 saturated carbocycles. The van der Waals surface area contributed by atoms with Crippen LogP contribution in [-0.2, 0) is 14.3 Å². The van der Waals surface area contributed by atoms with Gasteiger partial charge in [0.1, 0.15) is 18.2 Å². The zero-order valence-electron chi connectivity index (χ0n) is 12.7. The summed E-state index contributed by atoms with van der Waals surface area (Å²) in [7, 11) is 0. The van der Waals surface area contributed by atoms with E-state index in [2.05, 4.69) is 0 Å². The molecule has 1 aromatic heterocycles. The van der Waals surface area contributed by atoms with Gasteiger partial charge >= 0.3 is 11.7 Å². The number of nitrogens with two attached hydrogens (primary N) is 1. The van der Waals surface area contributed by atoms with Gasteiger partial charge in [-0.15, -0.1) is 0 Å². The average molecular weight is 308 g/mol. The number of rotatable bonds is 7. The van der Waals surface area contributed by atoms with E-state index in [-0.39, 0.29) is 6.61 Å². The Kier molecular flexibility index (Phi) is 5.21. The zero-order valence-corrected chi connectivity index (χ0v) is 12.7. The molecule has 22 heavy (non-hydrogen) atoms. The Morgan fingerprint density at radius 1 is 1.36 bits per heavy atom. The van der Waals surface area contributed by atoms with Gasteiger partial charge in [0.2, 0.25) is 0 Å². The van der Waals surface area contributed by atoms with E-state index < -0.39 is 17.8 Å². The Hall–Kier alpha value is -2.28. The van der Waals surface area contributed by atoms with Crippen LogP contribution in [0.1, 0.15) is 26.3 Å². The largest absolute Gasteiger partial charge is 0.462 e. The number of ether oxygens (including phenoxy) is 2. The monoisotopic (exact) mass is 308 g/mol. The quantitative estimate of drug-likeness (QED) is 0.475. The first-order valence-electron chi connectivity index (χ1n) is 7.24. The number of benzene rings is 1. The van der Waals surface area contributed by atoms with Crippen molar-refractivity contribution in [1.29, 1.82) is 0 Å². The van der Waals surface area contributed by atoms with Gasteiger partial charge in [-0.25, -0.2) is 9.59 Å². The van der Waals surface area contributed by atoms with Crippen LogP contribution < -0.4 is 11.5 Å². The molecule has 0 aliphatic carbocycles. The molecule has 0 amide bonds. The first-order valence-corrected chi connectivity index (χ1v) is 7.24. The molecule has 7 heteroatoms. The van der Waals surface area contributed by atoms with Gasteiger partial charge in [0.05, 0.1) is 12.3 Å². The number of anilines is 1. The highest BCUT2D eigenvalue weighted by atomic mass is 16.6. The molecule has 1 atom stereocenters. The van der Waals surface area contributed by atoms with Crippen LogP contribution in [0, 0.1) is 0 Å². The predicted octanol–water partition coefficient (Wildman–Crippen LogP) is 1.71. The van der Waals surface area contributed by atoms with Crippen molar-refractivity contribution in [2.24, 2.45) is 0 Å². The van der Waals surface area contributed by atoms with Gasteiger partial charge in [-0.05, 0) is 25.5 Å². The minimum absolute atomic E-state index is 0.142. The lowest BCUT2D eigenvalue weighted by atomic mass is 10.2. The molecular formula is C15H20N2O5. The second kappa shape index (κ2) is 7.13. The van der Waals surface area contributed by atoms with E-state index in [1.54, 1.807) is 25.1 Å². The van der Waals surface area contributed by atoms with E-state index in [4.69, 9.17) is 19.6 Å². The summed E-state index contributed by atoms with van der Waals surface area (Å²) >= 11 is 0. The minimum Gasteiger partial charge on any atom is -0.462 e. The van der Waals surface area contributed by atoms with E-state index >= 15 is 0 Å². The standard InChI is InChI=1S/C15H20N2O5/c1-3-11(14(18)21-9-8-20-4-2)17-13-10(16)6-5-7-12(13)22-15(17)19/h5-7,11H,3-4,8-9,16H2,1-2H3. The van der Waals surface area contributed by atoms with Crippen LogP contribution in [0.25, 0.3) is 11.1 Å². The Balaban J connectivity index is 2.30. The van der Waals surface area contributed by atoms with Crippen LogP contribution in [0.4, 0.5) is 5.69 Å². The molecule has 1 unspecified atom stereocenters. The number of esters is 1. The molecule has 2 aromatic rings. The number of carbonyl (C=O) groups is 1. The molecule has 120 valence electrons. The SMILES string of the molecule is CCOCCOC(=O)C(CC)n1c(=O)oc2cccc(N)c21. The highest BCUT2D eigenvalue weighted by Crippen LogP contribution is 2.24. The zero-order chi connectivity index (χ0) is 16.1. The molecule has 0 spiro atoms. The van der Waals surface area contributed by atoms with Gasteiger partial charge in [-0.3, -0.25) is 4.57 Å². The number of fused-ring (bicyclic) bond motifs is 1. The maximum Gasteiger partial charge on any atom is 0.420 e. The number of carbonyl (C=O) groups excluding carboxylic acids is 1. The number of nitrogen functional groups attached to an aromatic ring is 1. The van der Waals surface area contributed by atoms with Crippen molar-refractivity contribution >= 4 is 22.8 Å². The minimum atomic E-state index is -0.778. The van der Waals surface area contributed by atoms with Crippen LogP contribution in [0.2, 0.25) is 0 Å². The number of nitrogens with zero attached hydrogens (tertiary/aromatic N) is 1. The summed E-state index contributed by atoms with van der Waals surface area (Å²) in [6.07, 6.45) is 0.385. The van der Waals surface area contributed by atoms with Crippen LogP contribution >= 0.6 is 0 Å². The molecule has 0 saturated heterocycles. The molecule has 0 aliphatic rings. The van der Waals surface area contributed by atoms with Crippen molar-refractivity contribution in [2.75, 3.05) is 25.6 Å². The Labute approximate surface area is 127 Å². The first-order chi connectivity index (χ1) is 10.6. The third-order valence-corrected chi connectivity index (χ3v) is 3.31. The lowest BCUT2D eigenvalue weighted by Gasteiger charge is -2.15. The van der Waals surface area contributed by atoms with Gasteiger partial charge in [0.25, 0.3) is 0 Å². The summed E-state index contributed by atoms with van der Waals surface area (Å²) in [5.41, 5.74) is 7.06. The maximum absolute atomic E-state index is 12.2. The van der Waals surface area contributed by atoms with E-state index in [0.717, 1.165) is 0 Å². The van der Waals surface area contributed by atoms with E-state index in [1.807, 2.05) is 6.92 Å². The predicted molar refractivity (Wildman–Crippen MR) is 81.7 cm³/mol. The molecular weight excluding hydrogens is 288 g/mol. The topological polar surface area (TPSA) is 96.7 Å². The van der Waals surface area contributed by atoms with E-state index in [1.165, 1.54) is 4.57 Å². The highest BCUT2D eigenvalue weighted by Gasteiger charge is 2.26. The van der Waals surface area contributed by atoms with Crippen molar-refractivity contribution in [3.05, 3.63) is 28.7 Å². The molecule has 7 nitrogen and oxygen atoms in total. The smallest absolute Gasteiger partial charge is 0.420 e. The summed E-state index contributed by atoms with van der Waals surface area (Å²) in [5.74, 6) is -1.13. The summed E-state index contributed by atoms with van der Waals surface area (Å²) in [5, 5.41) is 0. The molecule has 2 rings (SSSR count). The van der Waals surface area contributed by atoms with Crippen molar-refractivity contribution in [3.8, 4) is 0 Å². The van der Waals surface area contributed by atoms with Crippen LogP contribution in [0.5, 0.6) is 0 Å². The van der Waals surface area contributed by atoms with Gasteiger partial charge in [-0.1, -0.05) is 13.0 Å². The number of hydrogen-bond donors (Lipinski definition) is 1. The first kappa shape index (κ1) is 16.1. The Bertz CT molecular complexity index is 704. The number of aromatic nitrogens is 1. The van der Waals surface area contributed by atoms with Crippen molar-refractivity contribution < 1.29 is 18.7 Å². The van der Waals surface area contributed by atoms with Gasteiger partial charge < -0.3 is 19.6 Å². The number of hydrogen-bond acceptors (Lipinski definition) is 6. The van der Waals surface area contributed by atoms with Gasteiger partial charge in [0, 0.05) is 6.61 Å². The van der Waals surface area contributed by atoms with Crippen LogP contribution in [0.3, 0.4) is 0 Å². The molecule has 2 N–H and O–H groups in total. The van der Waals surface area contributed by atoms with Crippen LogP contribution in [0.15, 0.2) is 27.4 Å². The Morgan fingerprint density at radius 2 is 2.14 bits per heavy atom. The van der Waals surface area contributed by atoms with Crippen molar-refractivity contribution in [2.45, 2.75) is 26.3 Å². The fourth-order valence-corrected chi connectivity index (χ4v) is 2.29. The summed E-state index contributed by atoms with van der Waals surface area (Å²) in [6, 6.07) is 4.20. The van der Waals surface area contributed by atoms with E-state index in [0.29, 0.717) is 36.4 Å². The fraction of sp³-hybridized carbons (Fsp3) is 0.467. The second-order valence-corrected chi connectivity index (χ2v) is 4.72. The van der Waals surface area contributed by atoms with Crippen molar-refractivity contribution in [3.63, 3.8) is 0 Å². The molecule has 0 bridgehead atoms. The maximum atomic E-state index is 12.2. The number of para-hydroxylation sites is 1. The van der Waals surface area contributed by atoms with Crippen molar-refractivity contribution in [1.82, 2.24) is 4.57 Å². The summed E-state index contributed by atoms with van der Waals surface area (Å²) in [6.45, 7) is 4.66. The summed E-state index contributed by atoms with van der Waals surface area (Å²) in [4.78, 5) is 24.3. The third-order valence-electron chi connectivity index (χ3n) is 3.31. The second-order valence-electron chi connectivity index (χ2n) is 4.72. The molecule has 0 aliphatic heterocycles. The number of oxazole rings is 1. The summed E-state index contributed by atoms with van der Waals surface area (Å²) < 4.78 is 16.7. The molecule has 1 heterocycles. The molecule has 0 radical (unpaired) electrons. The van der Waals surface area contributed by atoms with Gasteiger partial charge in [0.15, 0.2) is 5.58 Å². The fourth-order valence-electron chi connectivity index (χ4n) is 2.29.